The Kier molecular flexibility index (Phi) is 5.62. The lowest BCUT2D eigenvalue weighted by Crippen LogP contribution is -2.33. The number of amides is 2. The molecule has 0 saturated carbocycles. The molecule has 0 fully saturated rings. The largest absolute Gasteiger partial charge is 0.351 e. The summed E-state index contributed by atoms with van der Waals surface area (Å²) in [6.07, 6.45) is 0. The highest BCUT2D eigenvalue weighted by Crippen LogP contribution is 2.40. The minimum Gasteiger partial charge on any atom is -0.351 e. The van der Waals surface area contributed by atoms with Crippen LogP contribution >= 0.6 is 23.2 Å². The molecule has 4 rings (SSSR count). The van der Waals surface area contributed by atoms with E-state index in [-0.39, 0.29) is 21.9 Å². The van der Waals surface area contributed by atoms with E-state index < -0.39 is 23.2 Å². The monoisotopic (exact) mass is 473 g/mol. The maximum absolute atomic E-state index is 14.6. The standard InChI is InChI=1S/C23H15Cl2F2N3O2/c1-29-21(31)11-15(14-4-2-3-5-17(14)25)16-8-12(24)9-20(22(16)29)30(23(28)32)19-7-6-13(26)10-18(19)27/h2-11H,1H3,(H2,28,32). The number of anilines is 2. The Morgan fingerprint density at radius 2 is 1.69 bits per heavy atom. The average molecular weight is 474 g/mol. The highest BCUT2D eigenvalue weighted by Gasteiger charge is 2.25. The van der Waals surface area contributed by atoms with Gasteiger partial charge in [-0.1, -0.05) is 41.4 Å². The van der Waals surface area contributed by atoms with Gasteiger partial charge in [0.25, 0.3) is 5.56 Å². The topological polar surface area (TPSA) is 68.3 Å². The third-order valence-corrected chi connectivity index (χ3v) is 5.60. The molecule has 0 saturated heterocycles. The summed E-state index contributed by atoms with van der Waals surface area (Å²) in [7, 11) is 1.50. The van der Waals surface area contributed by atoms with Gasteiger partial charge in [0, 0.05) is 40.2 Å². The van der Waals surface area contributed by atoms with Crippen LogP contribution in [0.15, 0.2) is 65.5 Å². The molecule has 0 bridgehead atoms. The van der Waals surface area contributed by atoms with E-state index in [0.717, 1.165) is 17.0 Å². The molecule has 3 aromatic carbocycles. The summed E-state index contributed by atoms with van der Waals surface area (Å²) in [5.41, 5.74) is 6.25. The number of urea groups is 1. The Morgan fingerprint density at radius 3 is 2.34 bits per heavy atom. The Hall–Kier alpha value is -3.42. The van der Waals surface area contributed by atoms with Crippen LogP contribution in [0.4, 0.5) is 25.0 Å². The van der Waals surface area contributed by atoms with Crippen LogP contribution in [0.2, 0.25) is 10.0 Å². The predicted octanol–water partition coefficient (Wildman–Crippen LogP) is 6.01. The summed E-state index contributed by atoms with van der Waals surface area (Å²) in [6.45, 7) is 0. The maximum Gasteiger partial charge on any atom is 0.324 e. The molecular weight excluding hydrogens is 459 g/mol. The quantitative estimate of drug-likeness (QED) is 0.395. The van der Waals surface area contributed by atoms with E-state index in [4.69, 9.17) is 28.9 Å². The van der Waals surface area contributed by atoms with Crippen molar-refractivity contribution in [3.63, 3.8) is 0 Å². The fourth-order valence-electron chi connectivity index (χ4n) is 3.65. The molecule has 1 aromatic heterocycles. The number of hydrogen-bond donors (Lipinski definition) is 1. The highest BCUT2D eigenvalue weighted by atomic mass is 35.5. The Morgan fingerprint density at radius 1 is 0.969 bits per heavy atom. The van der Waals surface area contributed by atoms with Gasteiger partial charge in [0.05, 0.1) is 16.9 Å². The first-order chi connectivity index (χ1) is 15.2. The van der Waals surface area contributed by atoms with Crippen molar-refractivity contribution < 1.29 is 13.6 Å². The van der Waals surface area contributed by atoms with Gasteiger partial charge in [-0.2, -0.15) is 0 Å². The first-order valence-corrected chi connectivity index (χ1v) is 10.1. The van der Waals surface area contributed by atoms with Crippen molar-refractivity contribution in [2.75, 3.05) is 4.90 Å². The van der Waals surface area contributed by atoms with Gasteiger partial charge in [0.15, 0.2) is 0 Å². The van der Waals surface area contributed by atoms with Gasteiger partial charge in [0.1, 0.15) is 11.6 Å². The first-order valence-electron chi connectivity index (χ1n) is 9.32. The van der Waals surface area contributed by atoms with Gasteiger partial charge in [-0.15, -0.1) is 0 Å². The van der Waals surface area contributed by atoms with E-state index in [0.29, 0.717) is 27.6 Å². The van der Waals surface area contributed by atoms with Crippen LogP contribution in [0, 0.1) is 11.6 Å². The van der Waals surface area contributed by atoms with Crippen molar-refractivity contribution in [2.45, 2.75) is 0 Å². The normalized spacial score (nSPS) is 11.0. The van der Waals surface area contributed by atoms with Crippen molar-refractivity contribution >= 4 is 51.5 Å². The van der Waals surface area contributed by atoms with E-state index in [2.05, 4.69) is 0 Å². The van der Waals surface area contributed by atoms with Crippen LogP contribution in [0.5, 0.6) is 0 Å². The molecule has 9 heteroatoms. The molecular formula is C23H15Cl2F2N3O2. The lowest BCUT2D eigenvalue weighted by molar-refractivity contribution is 0.256. The number of nitrogens with zero attached hydrogens (tertiary/aromatic N) is 2. The molecule has 162 valence electrons. The number of rotatable bonds is 3. The Balaban J connectivity index is 2.14. The number of aromatic nitrogens is 1. The second-order valence-electron chi connectivity index (χ2n) is 7.03. The van der Waals surface area contributed by atoms with Gasteiger partial charge in [-0.25, -0.2) is 13.6 Å². The average Bonchev–Trinajstić information content (AvgIpc) is 2.72. The summed E-state index contributed by atoms with van der Waals surface area (Å²) in [4.78, 5) is 26.1. The van der Waals surface area contributed by atoms with Crippen LogP contribution < -0.4 is 16.2 Å². The van der Waals surface area contributed by atoms with Gasteiger partial charge in [-0.05, 0) is 35.9 Å². The molecule has 32 heavy (non-hydrogen) atoms. The molecule has 0 unspecified atom stereocenters. The van der Waals surface area contributed by atoms with Crippen LogP contribution in [0.3, 0.4) is 0 Å². The fraction of sp³-hybridized carbons (Fsp3) is 0.0435. The van der Waals surface area contributed by atoms with Gasteiger partial charge < -0.3 is 10.3 Å². The lowest BCUT2D eigenvalue weighted by atomic mass is 9.99. The van der Waals surface area contributed by atoms with Crippen molar-refractivity contribution in [2.24, 2.45) is 12.8 Å². The zero-order chi connectivity index (χ0) is 23.2. The molecule has 1 heterocycles. The van der Waals surface area contributed by atoms with Crippen LogP contribution in [-0.4, -0.2) is 10.6 Å². The molecule has 0 radical (unpaired) electrons. The third-order valence-electron chi connectivity index (χ3n) is 5.05. The van der Waals surface area contributed by atoms with Gasteiger partial charge in [-0.3, -0.25) is 9.69 Å². The van der Waals surface area contributed by atoms with E-state index >= 15 is 0 Å². The number of nitrogens with two attached hydrogens (primary N) is 1. The van der Waals surface area contributed by atoms with E-state index in [9.17, 15) is 18.4 Å². The smallest absolute Gasteiger partial charge is 0.324 e. The molecule has 4 aromatic rings. The van der Waals surface area contributed by atoms with E-state index in [1.165, 1.54) is 23.7 Å². The minimum absolute atomic E-state index is 0.0546. The molecule has 0 spiro atoms. The Bertz CT molecular complexity index is 1450. The van der Waals surface area contributed by atoms with Crippen LogP contribution in [0.1, 0.15) is 0 Å². The number of hydrogen-bond acceptors (Lipinski definition) is 2. The summed E-state index contributed by atoms with van der Waals surface area (Å²) in [6, 6.07) is 13.0. The minimum atomic E-state index is -1.05. The SMILES string of the molecule is Cn1c(=O)cc(-c2ccccc2Cl)c2cc(Cl)cc(N(C(N)=O)c3ccc(F)cc3F)c21. The van der Waals surface area contributed by atoms with Crippen molar-refractivity contribution in [1.29, 1.82) is 0 Å². The number of pyridine rings is 1. The maximum atomic E-state index is 14.6. The summed E-state index contributed by atoms with van der Waals surface area (Å²) < 4.78 is 29.4. The number of fused-ring (bicyclic) bond motifs is 1. The van der Waals surface area contributed by atoms with Crippen molar-refractivity contribution in [3.05, 3.63) is 92.7 Å². The lowest BCUT2D eigenvalue weighted by Gasteiger charge is -2.25. The third kappa shape index (κ3) is 3.70. The highest BCUT2D eigenvalue weighted by molar-refractivity contribution is 6.34. The van der Waals surface area contributed by atoms with Crippen molar-refractivity contribution in [1.82, 2.24) is 4.57 Å². The molecule has 0 aliphatic rings. The number of halogens is 4. The van der Waals surface area contributed by atoms with E-state index in [1.807, 2.05) is 0 Å². The Labute approximate surface area is 191 Å². The first kappa shape index (κ1) is 21.8. The fourth-order valence-corrected chi connectivity index (χ4v) is 4.10. The summed E-state index contributed by atoms with van der Waals surface area (Å²) >= 11 is 12.7. The van der Waals surface area contributed by atoms with Gasteiger partial charge >= 0.3 is 6.03 Å². The second kappa shape index (κ2) is 8.26. The predicted molar refractivity (Wildman–Crippen MR) is 123 cm³/mol. The number of aryl methyl sites for hydroxylation is 1. The second-order valence-corrected chi connectivity index (χ2v) is 7.87. The summed E-state index contributed by atoms with van der Waals surface area (Å²) in [5.74, 6) is -1.83. The zero-order valence-electron chi connectivity index (χ0n) is 16.6. The van der Waals surface area contributed by atoms with Crippen LogP contribution in [-0.2, 0) is 7.05 Å². The molecule has 2 N–H and O–H groups in total. The number of carbonyl (C=O) groups excluding carboxylic acids is 1. The van der Waals surface area contributed by atoms with Gasteiger partial charge in [0.2, 0.25) is 0 Å². The molecule has 0 aliphatic heterocycles. The zero-order valence-corrected chi connectivity index (χ0v) is 18.1. The van der Waals surface area contributed by atoms with E-state index in [1.54, 1.807) is 30.3 Å². The van der Waals surface area contributed by atoms with Crippen molar-refractivity contribution in [3.8, 4) is 11.1 Å². The molecule has 5 nitrogen and oxygen atoms in total. The number of carbonyl (C=O) groups is 1. The molecule has 0 atom stereocenters. The molecule has 2 amide bonds. The number of primary amides is 1. The van der Waals surface area contributed by atoms with Crippen LogP contribution in [0.25, 0.3) is 22.0 Å². The number of benzene rings is 3. The molecule has 0 aliphatic carbocycles. The summed E-state index contributed by atoms with van der Waals surface area (Å²) in [5, 5.41) is 1.09.